The van der Waals surface area contributed by atoms with Crippen LogP contribution in [0.25, 0.3) is 0 Å². The summed E-state index contributed by atoms with van der Waals surface area (Å²) in [6.07, 6.45) is 3.86. The molecule has 480 valence electrons. The van der Waals surface area contributed by atoms with E-state index in [9.17, 15) is 67.0 Å². The number of carboxylic acid groups (broad SMARTS) is 2. The number of carboxylic acids is 2. The Morgan fingerprint density at radius 2 is 1.58 bits per heavy atom. The lowest BCUT2D eigenvalue weighted by Gasteiger charge is -2.28. The molecule has 0 radical (unpaired) electrons. The van der Waals surface area contributed by atoms with Crippen LogP contribution in [-0.2, 0) is 80.6 Å². The van der Waals surface area contributed by atoms with Crippen molar-refractivity contribution in [2.75, 3.05) is 92.3 Å². The molecule has 4 aliphatic heterocycles. The Bertz CT molecular complexity index is 2940. The number of fused-ring (bicyclic) bond motifs is 1. The van der Waals surface area contributed by atoms with Gasteiger partial charge in [-0.15, -0.1) is 5.10 Å². The molecular weight excluding hydrogens is 1150 g/mol. The number of carbonyl (C=O) groups excluding carboxylic acids is 6. The van der Waals surface area contributed by atoms with Gasteiger partial charge in [-0.25, -0.2) is 17.9 Å². The van der Waals surface area contributed by atoms with Gasteiger partial charge in [0, 0.05) is 97.7 Å². The summed E-state index contributed by atoms with van der Waals surface area (Å²) < 4.78 is 49.2. The zero-order valence-corrected chi connectivity index (χ0v) is 50.1. The molecule has 7 rings (SSSR count). The van der Waals surface area contributed by atoms with E-state index in [1.807, 2.05) is 36.9 Å². The van der Waals surface area contributed by atoms with Crippen molar-refractivity contribution in [2.45, 2.75) is 134 Å². The number of aromatic nitrogens is 3. The summed E-state index contributed by atoms with van der Waals surface area (Å²) >= 11 is 0. The monoisotopic (exact) mass is 1230 g/mol. The SMILES string of the molecule is CN(COC(C)(C)CCNC(=O)C(CCCCNC(=O)CCCc1ccc(F)cc1)NC(=O)CN1CCN(CC(=O)O)CCN(CC(=O)O)CC1)OCc1cn(Cc2cccc3c2CN(C(=O)C[C@@H]2C[C@@H](C(=O)N4CC(F)(F)C[C@H]4C#N)NC2=O)C3)nn1. The minimum absolute atomic E-state index is 0.0373. The third kappa shape index (κ3) is 21.3. The van der Waals surface area contributed by atoms with E-state index in [1.54, 1.807) is 50.8 Å². The number of carbonyl (C=O) groups is 8. The molecule has 6 N–H and O–H groups in total. The molecule has 0 spiro atoms. The van der Waals surface area contributed by atoms with Gasteiger partial charge in [0.05, 0.1) is 50.6 Å². The number of nitrogens with zero attached hydrogens (tertiary/aromatic N) is 10. The van der Waals surface area contributed by atoms with Crippen molar-refractivity contribution in [1.29, 1.82) is 5.26 Å². The number of aliphatic carboxylic acids is 2. The summed E-state index contributed by atoms with van der Waals surface area (Å²) in [5.74, 6) is -9.01. The van der Waals surface area contributed by atoms with Crippen molar-refractivity contribution in [3.63, 3.8) is 0 Å². The van der Waals surface area contributed by atoms with Gasteiger partial charge in [0.25, 0.3) is 5.92 Å². The van der Waals surface area contributed by atoms with E-state index in [0.29, 0.717) is 96.7 Å². The molecule has 3 saturated heterocycles. The van der Waals surface area contributed by atoms with Gasteiger partial charge in [-0.1, -0.05) is 35.5 Å². The third-order valence-electron chi connectivity index (χ3n) is 16.0. The Balaban J connectivity index is 0.841. The van der Waals surface area contributed by atoms with Crippen molar-refractivity contribution >= 4 is 47.4 Å². The molecule has 26 nitrogen and oxygen atoms in total. The Morgan fingerprint density at radius 3 is 2.25 bits per heavy atom. The fourth-order valence-corrected chi connectivity index (χ4v) is 11.1. The maximum absolute atomic E-state index is 14.0. The largest absolute Gasteiger partial charge is 0.480 e. The number of hydrogen-bond acceptors (Lipinski definition) is 17. The van der Waals surface area contributed by atoms with Gasteiger partial charge in [-0.2, -0.15) is 10.3 Å². The summed E-state index contributed by atoms with van der Waals surface area (Å²) in [5.41, 5.74) is 3.44. The first-order chi connectivity index (χ1) is 41.9. The predicted molar refractivity (Wildman–Crippen MR) is 308 cm³/mol. The van der Waals surface area contributed by atoms with Crippen LogP contribution in [-0.4, -0.2) is 224 Å². The minimum Gasteiger partial charge on any atom is -0.480 e. The quantitative estimate of drug-likeness (QED) is 0.0302. The molecule has 2 aromatic carbocycles. The highest BCUT2D eigenvalue weighted by Crippen LogP contribution is 2.34. The van der Waals surface area contributed by atoms with Crippen LogP contribution in [0.15, 0.2) is 48.7 Å². The lowest BCUT2D eigenvalue weighted by Crippen LogP contribution is -2.51. The number of amides is 6. The Morgan fingerprint density at radius 1 is 0.898 bits per heavy atom. The van der Waals surface area contributed by atoms with Crippen LogP contribution < -0.4 is 21.3 Å². The molecule has 88 heavy (non-hydrogen) atoms. The van der Waals surface area contributed by atoms with Crippen molar-refractivity contribution in [3.8, 4) is 6.07 Å². The highest BCUT2D eigenvalue weighted by atomic mass is 19.3. The van der Waals surface area contributed by atoms with Gasteiger partial charge in [0.2, 0.25) is 35.4 Å². The number of benzene rings is 2. The zero-order valence-electron chi connectivity index (χ0n) is 50.1. The van der Waals surface area contributed by atoms with E-state index in [2.05, 4.69) is 31.6 Å². The number of hydrogen-bond donors (Lipinski definition) is 6. The standard InChI is InChI=1S/C59H81F3N14O12/c1-58(2,17-19-65-56(85)48(11-4-5-18-64-50(77)12-6-8-40-13-15-44(60)16-14-40)66-51(78)34-71-20-22-72(35-53(80)81)24-25-73(23-21-71)36-54(82)83)87-39-70(3)88-37-45-32-75(69-68-45)31-42-10-7-9-41-30-74(33-47(41)42)52(79)27-43-26-49(67-55(43)84)57(86)76-38-59(61,62)28-46(76)29-63/h7,9-10,13-16,32,43,46,48-49H,4-6,8,11-12,17-28,30-31,33-39H2,1-3H3,(H,64,77)(H,65,85)(H,66,78)(H,67,84)(H,80,81)(H,82,83)/t43-,46-,48?,49-/m0/s1. The van der Waals surface area contributed by atoms with Crippen molar-refractivity contribution < 1.29 is 71.3 Å². The van der Waals surface area contributed by atoms with E-state index < -0.39 is 84.1 Å². The fraction of sp³-hybridized carbons (Fsp3) is 0.610. The molecule has 1 aromatic heterocycles. The van der Waals surface area contributed by atoms with Crippen LogP contribution in [0.2, 0.25) is 0 Å². The molecule has 3 aromatic rings. The van der Waals surface area contributed by atoms with Crippen molar-refractivity contribution in [2.24, 2.45) is 5.92 Å². The topological polar surface area (TPSA) is 318 Å². The van der Waals surface area contributed by atoms with Crippen molar-refractivity contribution in [1.82, 2.24) is 65.8 Å². The maximum Gasteiger partial charge on any atom is 0.317 e. The van der Waals surface area contributed by atoms with Gasteiger partial charge < -0.3 is 46.0 Å². The van der Waals surface area contributed by atoms with E-state index in [0.717, 1.165) is 27.2 Å². The molecule has 6 amide bonds. The number of hydroxylamine groups is 2. The average Bonchev–Trinajstić information content (AvgIpc) is 3.00. The van der Waals surface area contributed by atoms with E-state index in [1.165, 1.54) is 17.2 Å². The summed E-state index contributed by atoms with van der Waals surface area (Å²) in [5, 5.41) is 49.6. The van der Waals surface area contributed by atoms with Crippen LogP contribution in [0.5, 0.6) is 0 Å². The second-order valence-electron chi connectivity index (χ2n) is 23.6. The predicted octanol–water partition coefficient (Wildman–Crippen LogP) is 1.47. The summed E-state index contributed by atoms with van der Waals surface area (Å²) in [4.78, 5) is 116. The summed E-state index contributed by atoms with van der Waals surface area (Å²) in [7, 11) is 1.68. The van der Waals surface area contributed by atoms with Crippen LogP contribution in [0.1, 0.15) is 99.6 Å². The van der Waals surface area contributed by atoms with Gasteiger partial charge in [-0.05, 0) is 93.2 Å². The highest BCUT2D eigenvalue weighted by Gasteiger charge is 2.50. The second kappa shape index (κ2) is 32.0. The number of aryl methyl sites for hydroxylation is 1. The van der Waals surface area contributed by atoms with Crippen LogP contribution in [0.4, 0.5) is 13.2 Å². The number of alkyl halides is 2. The molecule has 3 fully saturated rings. The number of rotatable bonds is 31. The van der Waals surface area contributed by atoms with Crippen LogP contribution in [0, 0.1) is 23.1 Å². The lowest BCUT2D eigenvalue weighted by molar-refractivity contribution is -0.223. The number of halogens is 3. The number of nitrogens with one attached hydrogen (secondary N) is 4. The molecule has 4 aliphatic rings. The number of unbranched alkanes of at least 4 members (excludes halogenated alkanes) is 1. The fourth-order valence-electron chi connectivity index (χ4n) is 11.1. The minimum atomic E-state index is -3.20. The lowest BCUT2D eigenvalue weighted by atomic mass is 9.99. The van der Waals surface area contributed by atoms with Crippen molar-refractivity contribution in [3.05, 3.63) is 82.4 Å². The molecule has 1 unspecified atom stereocenters. The molecular formula is C59H81F3N14O12. The Kier molecular flexibility index (Phi) is 24.7. The number of likely N-dealkylation sites (tertiary alicyclic amines) is 1. The summed E-state index contributed by atoms with van der Waals surface area (Å²) in [6.45, 7) is 5.72. The zero-order chi connectivity index (χ0) is 63.5. The first-order valence-electron chi connectivity index (χ1n) is 29.7. The van der Waals surface area contributed by atoms with Gasteiger partial charge in [0.15, 0.2) is 0 Å². The second-order valence-corrected chi connectivity index (χ2v) is 23.6. The number of ether oxygens (including phenoxy) is 1. The first-order valence-corrected chi connectivity index (χ1v) is 29.7. The molecule has 29 heteroatoms. The van der Waals surface area contributed by atoms with Crippen LogP contribution in [0.3, 0.4) is 0 Å². The summed E-state index contributed by atoms with van der Waals surface area (Å²) in [6, 6.07) is 10.3. The van der Waals surface area contributed by atoms with E-state index in [-0.39, 0.29) is 89.4 Å². The average molecular weight is 1240 g/mol. The number of nitriles is 1. The Hall–Kier alpha value is -7.62. The van der Waals surface area contributed by atoms with E-state index in [4.69, 9.17) is 9.57 Å². The third-order valence-corrected chi connectivity index (χ3v) is 16.0. The molecule has 5 heterocycles. The molecule has 0 saturated carbocycles. The maximum atomic E-state index is 14.0. The normalized spacial score (nSPS) is 19.5. The first kappa shape index (κ1) is 67.9. The highest BCUT2D eigenvalue weighted by molar-refractivity contribution is 5.95. The molecule has 4 atom stereocenters. The van der Waals surface area contributed by atoms with Gasteiger partial charge >= 0.3 is 11.9 Å². The van der Waals surface area contributed by atoms with Gasteiger partial charge in [0.1, 0.15) is 43.0 Å². The smallest absolute Gasteiger partial charge is 0.317 e. The van der Waals surface area contributed by atoms with Crippen LogP contribution >= 0.6 is 0 Å². The van der Waals surface area contributed by atoms with Gasteiger partial charge in [-0.3, -0.25) is 57.9 Å². The molecule has 0 bridgehead atoms. The Labute approximate surface area is 508 Å². The molecule has 0 aliphatic carbocycles. The van der Waals surface area contributed by atoms with E-state index >= 15 is 0 Å².